The van der Waals surface area contributed by atoms with Crippen LogP contribution in [-0.4, -0.2) is 24.9 Å². The van der Waals surface area contributed by atoms with E-state index in [0.717, 1.165) is 16.2 Å². The zero-order chi connectivity index (χ0) is 19.7. The predicted octanol–water partition coefficient (Wildman–Crippen LogP) is 5.84. The van der Waals surface area contributed by atoms with Crippen molar-refractivity contribution in [2.24, 2.45) is 0 Å². The summed E-state index contributed by atoms with van der Waals surface area (Å²) in [7, 11) is -0.997. The Kier molecular flexibility index (Phi) is 5.80. The molecule has 3 rings (SSSR count). The van der Waals surface area contributed by atoms with Crippen LogP contribution >= 0.6 is 11.3 Å². The SMILES string of the molecule is Cc1ccsc1C(CCOc1ccccc1)=C(F)B1OC(C)(C)C(C)(C)O1. The molecule has 0 aliphatic carbocycles. The van der Waals surface area contributed by atoms with Crippen molar-refractivity contribution < 1.29 is 18.4 Å². The second-order valence-corrected chi connectivity index (χ2v) is 8.68. The van der Waals surface area contributed by atoms with Gasteiger partial charge in [-0.15, -0.1) is 11.3 Å². The molecule has 0 bridgehead atoms. The van der Waals surface area contributed by atoms with E-state index in [9.17, 15) is 0 Å². The Hall–Kier alpha value is -1.63. The molecule has 6 heteroatoms. The van der Waals surface area contributed by atoms with Gasteiger partial charge in [0, 0.05) is 16.9 Å². The summed E-state index contributed by atoms with van der Waals surface area (Å²) < 4.78 is 33.1. The quantitative estimate of drug-likeness (QED) is 0.582. The van der Waals surface area contributed by atoms with E-state index < -0.39 is 18.3 Å². The molecule has 0 radical (unpaired) electrons. The Morgan fingerprint density at radius 2 is 1.70 bits per heavy atom. The maximum Gasteiger partial charge on any atom is 0.525 e. The first-order chi connectivity index (χ1) is 12.7. The zero-order valence-corrected chi connectivity index (χ0v) is 17.4. The summed E-state index contributed by atoms with van der Waals surface area (Å²) in [5, 5.41) is 1.97. The fourth-order valence-electron chi connectivity index (χ4n) is 2.90. The lowest BCUT2D eigenvalue weighted by atomic mass is 9.83. The van der Waals surface area contributed by atoms with Gasteiger partial charge in [0.15, 0.2) is 0 Å². The minimum absolute atomic E-state index is 0.365. The molecule has 0 atom stereocenters. The summed E-state index contributed by atoms with van der Waals surface area (Å²) in [4.78, 5) is 0.916. The van der Waals surface area contributed by atoms with Crippen LogP contribution in [0.5, 0.6) is 5.75 Å². The minimum atomic E-state index is -0.997. The second kappa shape index (κ2) is 7.78. The summed E-state index contributed by atoms with van der Waals surface area (Å²) in [6.07, 6.45) is 0.437. The molecule has 3 nitrogen and oxygen atoms in total. The van der Waals surface area contributed by atoms with E-state index in [-0.39, 0.29) is 5.73 Å². The van der Waals surface area contributed by atoms with Gasteiger partial charge in [-0.3, -0.25) is 0 Å². The highest BCUT2D eigenvalue weighted by atomic mass is 32.1. The highest BCUT2D eigenvalue weighted by molar-refractivity contribution is 7.11. The van der Waals surface area contributed by atoms with Gasteiger partial charge in [-0.1, -0.05) is 18.2 Å². The van der Waals surface area contributed by atoms with E-state index >= 15 is 4.39 Å². The summed E-state index contributed by atoms with van der Waals surface area (Å²) in [5.74, 6) is 0.774. The van der Waals surface area contributed by atoms with E-state index in [0.29, 0.717) is 18.6 Å². The topological polar surface area (TPSA) is 27.7 Å². The molecule has 0 unspecified atom stereocenters. The molecule has 27 heavy (non-hydrogen) atoms. The maximum absolute atomic E-state index is 15.5. The lowest BCUT2D eigenvalue weighted by molar-refractivity contribution is 0.00578. The molecule has 0 saturated carbocycles. The van der Waals surface area contributed by atoms with Crippen LogP contribution in [0.4, 0.5) is 4.39 Å². The van der Waals surface area contributed by atoms with Gasteiger partial charge in [-0.2, -0.15) is 0 Å². The Morgan fingerprint density at radius 1 is 1.07 bits per heavy atom. The van der Waals surface area contributed by atoms with Crippen molar-refractivity contribution in [3.63, 3.8) is 0 Å². The van der Waals surface area contributed by atoms with Crippen LogP contribution in [-0.2, 0) is 9.31 Å². The van der Waals surface area contributed by atoms with E-state index in [4.69, 9.17) is 14.0 Å². The van der Waals surface area contributed by atoms with E-state index in [1.165, 1.54) is 11.3 Å². The van der Waals surface area contributed by atoms with Gasteiger partial charge in [-0.25, -0.2) is 4.39 Å². The number of thiophene rings is 1. The molecule has 144 valence electrons. The first kappa shape index (κ1) is 20.1. The highest BCUT2D eigenvalue weighted by Gasteiger charge is 2.53. The molecular weight excluding hydrogens is 362 g/mol. The van der Waals surface area contributed by atoms with Crippen molar-refractivity contribution >= 4 is 24.0 Å². The van der Waals surface area contributed by atoms with Crippen molar-refractivity contribution in [3.05, 3.63) is 57.9 Å². The van der Waals surface area contributed by atoms with Crippen LogP contribution in [0.25, 0.3) is 5.57 Å². The van der Waals surface area contributed by atoms with Crippen LogP contribution in [0.2, 0.25) is 0 Å². The Balaban J connectivity index is 1.84. The first-order valence-corrected chi connectivity index (χ1v) is 10.1. The van der Waals surface area contributed by atoms with E-state index in [1.54, 1.807) is 0 Å². The summed E-state index contributed by atoms with van der Waals surface area (Å²) >= 11 is 1.53. The van der Waals surface area contributed by atoms with Crippen LogP contribution < -0.4 is 4.74 Å². The third-order valence-electron chi connectivity index (χ3n) is 5.25. The summed E-state index contributed by atoms with van der Waals surface area (Å²) in [6, 6.07) is 11.6. The van der Waals surface area contributed by atoms with Gasteiger partial charge >= 0.3 is 7.12 Å². The molecule has 0 spiro atoms. The van der Waals surface area contributed by atoms with E-state index in [2.05, 4.69) is 0 Å². The molecule has 0 amide bonds. The van der Waals surface area contributed by atoms with Crippen molar-refractivity contribution in [1.82, 2.24) is 0 Å². The Bertz CT molecular complexity index is 798. The molecule has 2 aromatic rings. The standard InChI is InChI=1S/C21H26BFO3S/c1-15-12-14-27-18(15)17(11-13-24-16-9-7-6-8-10-16)19(23)22-25-20(2,3)21(4,5)26-22/h6-10,12,14H,11,13H2,1-5H3. The molecular formula is C21H26BFO3S. The fraction of sp³-hybridized carbons (Fsp3) is 0.429. The second-order valence-electron chi connectivity index (χ2n) is 7.76. The van der Waals surface area contributed by atoms with Crippen LogP contribution in [0.3, 0.4) is 0 Å². The molecule has 1 aromatic carbocycles. The average molecular weight is 388 g/mol. The molecule has 0 N–H and O–H groups in total. The highest BCUT2D eigenvalue weighted by Crippen LogP contribution is 2.41. The number of aryl methyl sites for hydroxylation is 1. The number of halogens is 1. The molecule has 1 aromatic heterocycles. The predicted molar refractivity (Wildman–Crippen MR) is 110 cm³/mol. The third kappa shape index (κ3) is 4.28. The zero-order valence-electron chi connectivity index (χ0n) is 16.5. The Labute approximate surface area is 165 Å². The third-order valence-corrected chi connectivity index (χ3v) is 6.32. The van der Waals surface area contributed by atoms with Crippen LogP contribution in [0.1, 0.15) is 44.6 Å². The first-order valence-electron chi connectivity index (χ1n) is 9.18. The van der Waals surface area contributed by atoms with Crippen LogP contribution in [0, 0.1) is 6.92 Å². The van der Waals surface area contributed by atoms with Crippen LogP contribution in [0.15, 0.2) is 47.5 Å². The largest absolute Gasteiger partial charge is 0.525 e. The number of benzene rings is 1. The lowest BCUT2D eigenvalue weighted by Crippen LogP contribution is -2.41. The number of para-hydroxylation sites is 1. The maximum atomic E-state index is 15.5. The van der Waals surface area contributed by atoms with Crippen molar-refractivity contribution in [2.75, 3.05) is 6.61 Å². The van der Waals surface area contributed by atoms with Gasteiger partial charge in [0.05, 0.1) is 17.8 Å². The number of rotatable bonds is 6. The minimum Gasteiger partial charge on any atom is -0.493 e. The van der Waals surface area contributed by atoms with Gasteiger partial charge in [0.25, 0.3) is 0 Å². The fourth-order valence-corrected chi connectivity index (χ4v) is 3.90. The number of hydrogen-bond donors (Lipinski definition) is 0. The normalized spacial score (nSPS) is 19.1. The number of hydrogen-bond acceptors (Lipinski definition) is 4. The van der Waals surface area contributed by atoms with E-state index in [1.807, 2.05) is 76.4 Å². The van der Waals surface area contributed by atoms with Gasteiger partial charge in [0.1, 0.15) is 11.5 Å². The molecule has 2 heterocycles. The molecule has 1 fully saturated rings. The summed E-state index contributed by atoms with van der Waals surface area (Å²) in [6.45, 7) is 10.1. The average Bonchev–Trinajstić information content (AvgIpc) is 3.12. The van der Waals surface area contributed by atoms with Crippen molar-refractivity contribution in [1.29, 1.82) is 0 Å². The lowest BCUT2D eigenvalue weighted by Gasteiger charge is -2.32. The molecule has 1 aliphatic rings. The number of ether oxygens (including phenoxy) is 1. The molecule has 1 saturated heterocycles. The van der Waals surface area contributed by atoms with Gasteiger partial charge in [-0.05, 0) is 63.8 Å². The van der Waals surface area contributed by atoms with Gasteiger partial charge < -0.3 is 14.0 Å². The van der Waals surface area contributed by atoms with Gasteiger partial charge in [0.2, 0.25) is 0 Å². The van der Waals surface area contributed by atoms with Crippen molar-refractivity contribution in [3.8, 4) is 5.75 Å². The Morgan fingerprint density at radius 3 is 2.26 bits per heavy atom. The molecule has 1 aliphatic heterocycles. The monoisotopic (exact) mass is 388 g/mol. The van der Waals surface area contributed by atoms with Crippen molar-refractivity contribution in [2.45, 2.75) is 52.2 Å². The smallest absolute Gasteiger partial charge is 0.493 e. The summed E-state index contributed by atoms with van der Waals surface area (Å²) in [5.41, 5.74) is 0.116.